The van der Waals surface area contributed by atoms with Gasteiger partial charge in [-0.15, -0.1) is 0 Å². The third kappa shape index (κ3) is 3.26. The third-order valence-electron chi connectivity index (χ3n) is 2.98. The van der Waals surface area contributed by atoms with Gasteiger partial charge in [-0.25, -0.2) is 12.7 Å². The zero-order valence-electron chi connectivity index (χ0n) is 11.2. The number of hydrogen-bond donors (Lipinski definition) is 0. The molecule has 2 rings (SSSR count). The summed E-state index contributed by atoms with van der Waals surface area (Å²) in [6.07, 6.45) is 1.40. The maximum atomic E-state index is 12.2. The van der Waals surface area contributed by atoms with E-state index in [-0.39, 0.29) is 6.42 Å². The van der Waals surface area contributed by atoms with Gasteiger partial charge in [-0.2, -0.15) is 0 Å². The highest BCUT2D eigenvalue weighted by atomic mass is 32.2. The van der Waals surface area contributed by atoms with E-state index in [1.54, 1.807) is 19.1 Å². The van der Waals surface area contributed by atoms with E-state index in [2.05, 4.69) is 0 Å². The molecule has 1 amide bonds. The number of sulfonamides is 1. The molecule has 0 spiro atoms. The molecule has 0 saturated carbocycles. The van der Waals surface area contributed by atoms with Crippen LogP contribution in [0.2, 0.25) is 0 Å². The summed E-state index contributed by atoms with van der Waals surface area (Å²) in [5.41, 5.74) is 0.760. The van der Waals surface area contributed by atoms with Crippen LogP contribution in [0.3, 0.4) is 0 Å². The molecule has 1 aromatic carbocycles. The second-order valence-corrected chi connectivity index (χ2v) is 6.09. The second-order valence-electron chi connectivity index (χ2n) is 4.40. The van der Waals surface area contributed by atoms with E-state index in [1.807, 2.05) is 18.2 Å². The molecule has 1 heterocycles. The smallest absolute Gasteiger partial charge is 0.261 e. The van der Waals surface area contributed by atoms with Crippen molar-refractivity contribution in [2.75, 3.05) is 6.61 Å². The predicted molar refractivity (Wildman–Crippen MR) is 75.9 cm³/mol. The Labute approximate surface area is 118 Å². The van der Waals surface area contributed by atoms with Crippen LogP contribution in [-0.2, 0) is 19.6 Å². The van der Waals surface area contributed by atoms with Crippen LogP contribution in [0.15, 0.2) is 35.7 Å². The van der Waals surface area contributed by atoms with E-state index in [0.717, 1.165) is 15.3 Å². The quantitative estimate of drug-likeness (QED) is 0.833. The minimum absolute atomic E-state index is 0.197. The fourth-order valence-electron chi connectivity index (χ4n) is 2.08. The minimum Gasteiger partial charge on any atom is -0.357 e. The standard InChI is InChI=1S/C14H17NO4S/c1-2-19-14-9-8-13(16)15(14)20(17,18)11-10-12-6-4-3-5-7-12/h3-7,10-11,14H,2,8-9H2,1H3. The van der Waals surface area contributed by atoms with Gasteiger partial charge in [0.05, 0.1) is 5.41 Å². The SMILES string of the molecule is CCOC1CCC(=O)N1S(=O)(=O)C=Cc1ccccc1. The zero-order valence-corrected chi connectivity index (χ0v) is 12.0. The van der Waals surface area contributed by atoms with Crippen molar-refractivity contribution >= 4 is 22.0 Å². The number of rotatable bonds is 5. The summed E-state index contributed by atoms with van der Waals surface area (Å²) >= 11 is 0. The van der Waals surface area contributed by atoms with Crippen molar-refractivity contribution < 1.29 is 17.9 Å². The van der Waals surface area contributed by atoms with Crippen molar-refractivity contribution in [3.8, 4) is 0 Å². The van der Waals surface area contributed by atoms with Crippen LogP contribution in [0.1, 0.15) is 25.3 Å². The van der Waals surface area contributed by atoms with E-state index in [1.165, 1.54) is 6.08 Å². The fraction of sp³-hybridized carbons (Fsp3) is 0.357. The van der Waals surface area contributed by atoms with Gasteiger partial charge in [0, 0.05) is 19.4 Å². The normalized spacial score (nSPS) is 19.9. The van der Waals surface area contributed by atoms with Gasteiger partial charge in [0.1, 0.15) is 6.23 Å². The van der Waals surface area contributed by atoms with Crippen molar-refractivity contribution in [1.29, 1.82) is 0 Å². The van der Waals surface area contributed by atoms with Gasteiger partial charge in [0.15, 0.2) is 0 Å². The molecule has 20 heavy (non-hydrogen) atoms. The summed E-state index contributed by atoms with van der Waals surface area (Å²) in [5, 5.41) is 1.05. The van der Waals surface area contributed by atoms with Gasteiger partial charge < -0.3 is 4.74 Å². The number of ether oxygens (including phenoxy) is 1. The van der Waals surface area contributed by atoms with Crippen LogP contribution in [0.5, 0.6) is 0 Å². The number of nitrogens with zero attached hydrogens (tertiary/aromatic N) is 1. The summed E-state index contributed by atoms with van der Waals surface area (Å²) in [6, 6.07) is 9.06. The maximum Gasteiger partial charge on any atom is 0.261 e. The Balaban J connectivity index is 2.21. The van der Waals surface area contributed by atoms with Crippen LogP contribution in [0.4, 0.5) is 0 Å². The van der Waals surface area contributed by atoms with E-state index in [0.29, 0.717) is 13.0 Å². The zero-order chi connectivity index (χ0) is 14.6. The van der Waals surface area contributed by atoms with Crippen LogP contribution in [0, 0.1) is 0 Å². The maximum absolute atomic E-state index is 12.2. The van der Waals surface area contributed by atoms with Crippen LogP contribution in [0.25, 0.3) is 6.08 Å². The minimum atomic E-state index is -3.80. The average molecular weight is 295 g/mol. The number of carbonyl (C=O) groups excluding carboxylic acids is 1. The summed E-state index contributed by atoms with van der Waals surface area (Å²) in [6.45, 7) is 2.14. The van der Waals surface area contributed by atoms with Gasteiger partial charge in [-0.3, -0.25) is 4.79 Å². The van der Waals surface area contributed by atoms with Crippen LogP contribution >= 0.6 is 0 Å². The van der Waals surface area contributed by atoms with E-state index in [4.69, 9.17) is 4.74 Å². The van der Waals surface area contributed by atoms with Crippen molar-refractivity contribution in [3.05, 3.63) is 41.3 Å². The molecule has 0 aromatic heterocycles. The Morgan fingerprint density at radius 3 is 2.70 bits per heavy atom. The van der Waals surface area contributed by atoms with Gasteiger partial charge in [0.25, 0.3) is 10.0 Å². The molecule has 1 fully saturated rings. The van der Waals surface area contributed by atoms with Gasteiger partial charge in [-0.1, -0.05) is 30.3 Å². The first-order chi connectivity index (χ1) is 9.54. The van der Waals surface area contributed by atoms with Crippen LogP contribution in [-0.4, -0.2) is 31.5 Å². The third-order valence-corrected chi connectivity index (χ3v) is 4.44. The highest BCUT2D eigenvalue weighted by Crippen LogP contribution is 2.24. The van der Waals surface area contributed by atoms with Gasteiger partial charge in [0.2, 0.25) is 5.91 Å². The molecule has 0 aliphatic carbocycles. The molecule has 1 aromatic rings. The second kappa shape index (κ2) is 6.19. The largest absolute Gasteiger partial charge is 0.357 e. The molecule has 1 aliphatic rings. The molecule has 0 N–H and O–H groups in total. The molecule has 6 heteroatoms. The van der Waals surface area contributed by atoms with Crippen LogP contribution < -0.4 is 0 Å². The van der Waals surface area contributed by atoms with Gasteiger partial charge in [-0.05, 0) is 18.6 Å². The van der Waals surface area contributed by atoms with Crippen molar-refractivity contribution in [2.45, 2.75) is 26.0 Å². The molecule has 1 unspecified atom stereocenters. The molecule has 0 radical (unpaired) electrons. The van der Waals surface area contributed by atoms with E-state index in [9.17, 15) is 13.2 Å². The predicted octanol–water partition coefficient (Wildman–Crippen LogP) is 1.97. The molecular weight excluding hydrogens is 278 g/mol. The average Bonchev–Trinajstić information content (AvgIpc) is 2.80. The Morgan fingerprint density at radius 2 is 2.05 bits per heavy atom. The molecular formula is C14H17NO4S. The molecule has 108 valence electrons. The Morgan fingerprint density at radius 1 is 1.35 bits per heavy atom. The highest BCUT2D eigenvalue weighted by Gasteiger charge is 2.38. The Bertz CT molecular complexity index is 595. The molecule has 5 nitrogen and oxygen atoms in total. The van der Waals surface area contributed by atoms with Crippen molar-refractivity contribution in [1.82, 2.24) is 4.31 Å². The lowest BCUT2D eigenvalue weighted by atomic mass is 10.2. The Kier molecular flexibility index (Phi) is 4.57. The summed E-state index contributed by atoms with van der Waals surface area (Å²) in [7, 11) is -3.80. The monoisotopic (exact) mass is 295 g/mol. The molecule has 0 bridgehead atoms. The fourth-order valence-corrected chi connectivity index (χ4v) is 3.41. The summed E-state index contributed by atoms with van der Waals surface area (Å²) in [4.78, 5) is 11.8. The molecule has 1 aliphatic heterocycles. The Hall–Kier alpha value is -1.66. The van der Waals surface area contributed by atoms with E-state index >= 15 is 0 Å². The number of hydrogen-bond acceptors (Lipinski definition) is 4. The first-order valence-electron chi connectivity index (χ1n) is 6.46. The van der Waals surface area contributed by atoms with E-state index < -0.39 is 22.2 Å². The molecule has 1 atom stereocenters. The number of carbonyl (C=O) groups is 1. The summed E-state index contributed by atoms with van der Waals surface area (Å²) < 4.78 is 30.6. The highest BCUT2D eigenvalue weighted by molar-refractivity contribution is 7.92. The topological polar surface area (TPSA) is 63.7 Å². The summed E-state index contributed by atoms with van der Waals surface area (Å²) in [5.74, 6) is -0.416. The molecule has 1 saturated heterocycles. The van der Waals surface area contributed by atoms with Gasteiger partial charge >= 0.3 is 0 Å². The van der Waals surface area contributed by atoms with Crippen molar-refractivity contribution in [3.63, 3.8) is 0 Å². The lowest BCUT2D eigenvalue weighted by Crippen LogP contribution is -2.38. The van der Waals surface area contributed by atoms with Crippen molar-refractivity contribution in [2.24, 2.45) is 0 Å². The lowest BCUT2D eigenvalue weighted by Gasteiger charge is -2.22. The first kappa shape index (κ1) is 14.7. The number of benzene rings is 1. The lowest BCUT2D eigenvalue weighted by molar-refractivity contribution is -0.128. The number of amides is 1. The first-order valence-corrected chi connectivity index (χ1v) is 7.97.